The number of nitrogens with zero attached hydrogens (tertiary/aromatic N) is 5. The van der Waals surface area contributed by atoms with E-state index in [1.54, 1.807) is 40.5 Å². The van der Waals surface area contributed by atoms with E-state index in [-0.39, 0.29) is 11.8 Å². The van der Waals surface area contributed by atoms with E-state index in [0.29, 0.717) is 18.8 Å². The first-order chi connectivity index (χ1) is 15.6. The Bertz CT molecular complexity index is 1230. The average Bonchev–Trinajstić information content (AvgIpc) is 3.47. The molecule has 2 aromatic heterocycles. The highest BCUT2D eigenvalue weighted by Gasteiger charge is 2.31. The summed E-state index contributed by atoms with van der Waals surface area (Å²) in [6.07, 6.45) is 5.30. The summed E-state index contributed by atoms with van der Waals surface area (Å²) in [5, 5.41) is 2.75. The Morgan fingerprint density at radius 3 is 2.44 bits per heavy atom. The summed E-state index contributed by atoms with van der Waals surface area (Å²) < 4.78 is 13.3. The number of aromatic nitrogens is 2. The lowest BCUT2D eigenvalue weighted by atomic mass is 10.1. The Balaban J connectivity index is 1.51. The Labute approximate surface area is 189 Å². The molecular weight excluding hydrogens is 425 g/mol. The second-order valence-electron chi connectivity index (χ2n) is 7.39. The minimum atomic E-state index is -0.321. The lowest BCUT2D eigenvalue weighted by Gasteiger charge is -2.26. The van der Waals surface area contributed by atoms with E-state index < -0.39 is 0 Å². The van der Waals surface area contributed by atoms with Gasteiger partial charge in [-0.3, -0.25) is 19.7 Å². The Morgan fingerprint density at radius 1 is 1.00 bits per heavy atom. The molecule has 8 heteroatoms. The standard InChI is InChI=1S/C24H20FN5OS/c1-17-4-7-20(29-13-12-28(24(29)31)19-8-5-18(25)6-9-19)15-22(17)30(23-27-11-14-32-23)21-3-2-10-26-16-21/h2-11,14-16H,12-13H2,1H3. The fourth-order valence-corrected chi connectivity index (χ4v) is 4.48. The Morgan fingerprint density at radius 2 is 1.75 bits per heavy atom. The number of hydrogen-bond donors (Lipinski definition) is 0. The largest absolute Gasteiger partial charge is 0.329 e. The van der Waals surface area contributed by atoms with Gasteiger partial charge in [0.25, 0.3) is 0 Å². The third-order valence-electron chi connectivity index (χ3n) is 5.41. The van der Waals surface area contributed by atoms with Crippen molar-refractivity contribution >= 4 is 45.2 Å². The third-order valence-corrected chi connectivity index (χ3v) is 6.16. The minimum Gasteiger partial charge on any atom is -0.292 e. The van der Waals surface area contributed by atoms with Crippen molar-refractivity contribution in [3.8, 4) is 0 Å². The number of carbonyl (C=O) groups is 1. The van der Waals surface area contributed by atoms with Crippen LogP contribution < -0.4 is 14.7 Å². The van der Waals surface area contributed by atoms with Gasteiger partial charge < -0.3 is 0 Å². The SMILES string of the molecule is Cc1ccc(N2CCN(c3ccc(F)cc3)C2=O)cc1N(c1cccnc1)c1nccs1. The highest BCUT2D eigenvalue weighted by Crippen LogP contribution is 2.39. The van der Waals surface area contributed by atoms with Gasteiger partial charge >= 0.3 is 6.03 Å². The van der Waals surface area contributed by atoms with Crippen LogP contribution in [0.25, 0.3) is 0 Å². The average molecular weight is 446 g/mol. The first-order valence-electron chi connectivity index (χ1n) is 10.2. The zero-order valence-corrected chi connectivity index (χ0v) is 18.2. The van der Waals surface area contributed by atoms with E-state index in [4.69, 9.17) is 0 Å². The molecule has 0 atom stereocenters. The molecule has 1 fully saturated rings. The molecule has 4 aromatic rings. The molecule has 1 aliphatic rings. The normalized spacial score (nSPS) is 13.6. The fraction of sp³-hybridized carbons (Fsp3) is 0.125. The number of benzene rings is 2. The monoisotopic (exact) mass is 445 g/mol. The summed E-state index contributed by atoms with van der Waals surface area (Å²) in [5.41, 5.74) is 4.35. The number of halogens is 1. The summed E-state index contributed by atoms with van der Waals surface area (Å²) in [5.74, 6) is -0.321. The third kappa shape index (κ3) is 3.69. The fourth-order valence-electron chi connectivity index (χ4n) is 3.81. The van der Waals surface area contributed by atoms with Crippen molar-refractivity contribution in [2.45, 2.75) is 6.92 Å². The van der Waals surface area contributed by atoms with Gasteiger partial charge in [-0.25, -0.2) is 14.2 Å². The maximum absolute atomic E-state index is 13.3. The Kier molecular flexibility index (Phi) is 5.28. The van der Waals surface area contributed by atoms with Crippen LogP contribution in [-0.2, 0) is 0 Å². The number of pyridine rings is 1. The van der Waals surface area contributed by atoms with E-state index in [0.717, 1.165) is 27.8 Å². The molecule has 5 rings (SSSR count). The summed E-state index contributed by atoms with van der Waals surface area (Å²) in [6, 6.07) is 15.7. The van der Waals surface area contributed by atoms with E-state index in [9.17, 15) is 9.18 Å². The van der Waals surface area contributed by atoms with Crippen molar-refractivity contribution < 1.29 is 9.18 Å². The maximum atomic E-state index is 13.3. The van der Waals surface area contributed by atoms with Crippen LogP contribution >= 0.6 is 11.3 Å². The molecule has 2 aromatic carbocycles. The number of thiazole rings is 1. The number of aryl methyl sites for hydroxylation is 1. The van der Waals surface area contributed by atoms with Crippen molar-refractivity contribution in [1.82, 2.24) is 9.97 Å². The number of urea groups is 1. The van der Waals surface area contributed by atoms with Crippen molar-refractivity contribution in [3.63, 3.8) is 0 Å². The molecule has 2 amide bonds. The lowest BCUT2D eigenvalue weighted by Crippen LogP contribution is -2.31. The molecule has 0 radical (unpaired) electrons. The maximum Gasteiger partial charge on any atom is 0.329 e. The molecule has 0 N–H and O–H groups in total. The van der Waals surface area contributed by atoms with Crippen LogP contribution in [0.5, 0.6) is 0 Å². The van der Waals surface area contributed by atoms with E-state index in [1.807, 2.05) is 42.6 Å². The number of carbonyl (C=O) groups excluding carboxylic acids is 1. The van der Waals surface area contributed by atoms with E-state index in [1.165, 1.54) is 23.5 Å². The van der Waals surface area contributed by atoms with Gasteiger partial charge in [0.15, 0.2) is 5.13 Å². The van der Waals surface area contributed by atoms with Crippen LogP contribution in [0.3, 0.4) is 0 Å². The van der Waals surface area contributed by atoms with Crippen LogP contribution in [0, 0.1) is 12.7 Å². The number of rotatable bonds is 5. The molecular formula is C24H20FN5OS. The van der Waals surface area contributed by atoms with Gasteiger partial charge in [-0.2, -0.15) is 0 Å². The molecule has 1 aliphatic heterocycles. The molecule has 1 saturated heterocycles. The predicted octanol–water partition coefficient (Wildman–Crippen LogP) is 5.90. The molecule has 3 heterocycles. The number of amides is 2. The van der Waals surface area contributed by atoms with Gasteiger partial charge in [0.05, 0.1) is 17.6 Å². The van der Waals surface area contributed by atoms with Gasteiger partial charge in [-0.15, -0.1) is 11.3 Å². The topological polar surface area (TPSA) is 52.6 Å². The molecule has 0 aliphatic carbocycles. The van der Waals surface area contributed by atoms with Gasteiger partial charge in [-0.05, 0) is 61.0 Å². The molecule has 6 nitrogen and oxygen atoms in total. The second-order valence-corrected chi connectivity index (χ2v) is 8.27. The quantitative estimate of drug-likeness (QED) is 0.384. The van der Waals surface area contributed by atoms with E-state index in [2.05, 4.69) is 14.9 Å². The highest BCUT2D eigenvalue weighted by atomic mass is 32.1. The molecule has 160 valence electrons. The highest BCUT2D eigenvalue weighted by molar-refractivity contribution is 7.13. The van der Waals surface area contributed by atoms with Crippen LogP contribution in [0.1, 0.15) is 5.56 Å². The Hall–Kier alpha value is -3.78. The van der Waals surface area contributed by atoms with Gasteiger partial charge in [0.2, 0.25) is 0 Å². The van der Waals surface area contributed by atoms with Gasteiger partial charge in [0.1, 0.15) is 5.82 Å². The molecule has 0 unspecified atom stereocenters. The minimum absolute atomic E-state index is 0.131. The van der Waals surface area contributed by atoms with Crippen molar-refractivity contribution in [1.29, 1.82) is 0 Å². The van der Waals surface area contributed by atoms with E-state index >= 15 is 0 Å². The van der Waals surface area contributed by atoms with Gasteiger partial charge in [-0.1, -0.05) is 6.07 Å². The van der Waals surface area contributed by atoms with Crippen LogP contribution in [0.15, 0.2) is 78.6 Å². The molecule has 32 heavy (non-hydrogen) atoms. The molecule has 0 bridgehead atoms. The smallest absolute Gasteiger partial charge is 0.292 e. The van der Waals surface area contributed by atoms with Crippen molar-refractivity contribution in [3.05, 3.63) is 89.9 Å². The van der Waals surface area contributed by atoms with Gasteiger partial charge in [0, 0.05) is 42.2 Å². The van der Waals surface area contributed by atoms with Crippen molar-refractivity contribution in [2.24, 2.45) is 0 Å². The zero-order chi connectivity index (χ0) is 22.1. The first-order valence-corrected chi connectivity index (χ1v) is 11.0. The summed E-state index contributed by atoms with van der Waals surface area (Å²) in [7, 11) is 0. The van der Waals surface area contributed by atoms with Crippen LogP contribution in [-0.4, -0.2) is 29.1 Å². The van der Waals surface area contributed by atoms with Crippen molar-refractivity contribution in [2.75, 3.05) is 27.8 Å². The number of hydrogen-bond acceptors (Lipinski definition) is 5. The molecule has 0 saturated carbocycles. The van der Waals surface area contributed by atoms with Crippen LogP contribution in [0.4, 0.5) is 37.1 Å². The zero-order valence-electron chi connectivity index (χ0n) is 17.4. The van der Waals surface area contributed by atoms with Crippen LogP contribution in [0.2, 0.25) is 0 Å². The number of anilines is 5. The summed E-state index contributed by atoms with van der Waals surface area (Å²) >= 11 is 1.53. The lowest BCUT2D eigenvalue weighted by molar-refractivity contribution is 0.256. The molecule has 0 spiro atoms. The summed E-state index contributed by atoms with van der Waals surface area (Å²) in [6.45, 7) is 3.11. The second kappa shape index (κ2) is 8.39. The predicted molar refractivity (Wildman–Crippen MR) is 126 cm³/mol. The first kappa shape index (κ1) is 20.1. The summed E-state index contributed by atoms with van der Waals surface area (Å²) in [4.78, 5) is 27.4.